The first-order chi connectivity index (χ1) is 16.1. The summed E-state index contributed by atoms with van der Waals surface area (Å²) < 4.78 is 38.8. The predicted molar refractivity (Wildman–Crippen MR) is 122 cm³/mol. The molecule has 12 nitrogen and oxygen atoms in total. The lowest BCUT2D eigenvalue weighted by molar-refractivity contribution is -0.139. The minimum Gasteiger partial charge on any atom is -0.486 e. The molecule has 0 spiro atoms. The number of sulfonamides is 1. The molecule has 2 aromatic rings. The number of guanidine groups is 1. The Kier molecular flexibility index (Phi) is 7.91. The second-order valence-electron chi connectivity index (χ2n) is 7.41. The van der Waals surface area contributed by atoms with E-state index in [1.807, 2.05) is 0 Å². The summed E-state index contributed by atoms with van der Waals surface area (Å²) in [6, 6.07) is 10.9. The van der Waals surface area contributed by atoms with E-state index in [4.69, 9.17) is 20.9 Å². The highest BCUT2D eigenvalue weighted by atomic mass is 32.2. The van der Waals surface area contributed by atoms with Gasteiger partial charge in [-0.3, -0.25) is 9.59 Å². The molecule has 1 unspecified atom stereocenters. The Morgan fingerprint density at radius 2 is 1.88 bits per heavy atom. The molecule has 0 radical (unpaired) electrons. The van der Waals surface area contributed by atoms with Crippen LogP contribution in [-0.4, -0.2) is 63.2 Å². The van der Waals surface area contributed by atoms with Crippen LogP contribution in [0.3, 0.4) is 0 Å². The fourth-order valence-corrected chi connectivity index (χ4v) is 4.31. The number of amides is 1. The Balaban J connectivity index is 1.61. The Labute approximate surface area is 196 Å². The van der Waals surface area contributed by atoms with Gasteiger partial charge in [0.25, 0.3) is 0 Å². The number of nitrogens with one attached hydrogen (secondary N) is 2. The van der Waals surface area contributed by atoms with E-state index < -0.39 is 28.1 Å². The minimum atomic E-state index is -4.01. The summed E-state index contributed by atoms with van der Waals surface area (Å²) >= 11 is 0. The van der Waals surface area contributed by atoms with Gasteiger partial charge in [-0.1, -0.05) is 24.3 Å². The Hall–Kier alpha value is -3.84. The van der Waals surface area contributed by atoms with Crippen molar-refractivity contribution in [1.82, 2.24) is 10.0 Å². The summed E-state index contributed by atoms with van der Waals surface area (Å²) in [6.07, 6.45) is -0.562. The zero-order valence-electron chi connectivity index (χ0n) is 18.0. The van der Waals surface area contributed by atoms with E-state index in [0.717, 1.165) is 0 Å². The topological polar surface area (TPSA) is 195 Å². The van der Waals surface area contributed by atoms with Gasteiger partial charge in [0.1, 0.15) is 25.3 Å². The Bertz CT molecular complexity index is 1170. The Morgan fingerprint density at radius 1 is 1.15 bits per heavy atom. The lowest BCUT2D eigenvalue weighted by atomic mass is 10.1. The molecule has 13 heteroatoms. The molecule has 2 aromatic carbocycles. The summed E-state index contributed by atoms with van der Waals surface area (Å²) in [5, 5.41) is 12.2. The average molecular weight is 492 g/mol. The van der Waals surface area contributed by atoms with Gasteiger partial charge >= 0.3 is 5.97 Å². The number of carbonyl (C=O) groups excluding carboxylic acids is 1. The third-order valence-corrected chi connectivity index (χ3v) is 6.24. The fraction of sp³-hybridized carbons (Fsp3) is 0.286. The number of nitrogens with zero attached hydrogens (tertiary/aromatic N) is 1. The highest BCUT2D eigenvalue weighted by Gasteiger charge is 2.27. The van der Waals surface area contributed by atoms with Crippen LogP contribution < -0.4 is 31.0 Å². The number of nitrogens with two attached hydrogens (primary N) is 2. The first-order valence-corrected chi connectivity index (χ1v) is 11.7. The van der Waals surface area contributed by atoms with Crippen molar-refractivity contribution in [2.45, 2.75) is 23.5 Å². The van der Waals surface area contributed by atoms with Crippen molar-refractivity contribution in [2.24, 2.45) is 16.5 Å². The summed E-state index contributed by atoms with van der Waals surface area (Å²) in [5.41, 5.74) is 10.9. The van der Waals surface area contributed by atoms with Crippen LogP contribution >= 0.6 is 0 Å². The number of carboxylic acids is 1. The van der Waals surface area contributed by atoms with Gasteiger partial charge < -0.3 is 31.4 Å². The number of aliphatic imine (C=N–C) groups is 1. The minimum absolute atomic E-state index is 0.0279. The smallest absolute Gasteiger partial charge is 0.322 e. The number of hydrogen-bond donors (Lipinski definition) is 5. The molecule has 1 heterocycles. The number of carbonyl (C=O) groups is 2. The standard InChI is InChI=1S/C21H25N5O7S/c22-21(23)25-11-19(27)24-10-14-12-32-18-9-13(6-7-17(18)33-14)8-16(20(28)29)26-34(30,31)15-4-2-1-3-5-15/h1-7,9,14,16,26H,8,10-12H2,(H,24,27)(H,28,29)(H4,22,23,25)/t14?,16-/m0/s1. The van der Waals surface area contributed by atoms with E-state index in [0.29, 0.717) is 17.1 Å². The molecule has 0 aliphatic carbocycles. The molecule has 0 aromatic heterocycles. The highest BCUT2D eigenvalue weighted by molar-refractivity contribution is 7.89. The van der Waals surface area contributed by atoms with Gasteiger partial charge in [-0.15, -0.1) is 0 Å². The van der Waals surface area contributed by atoms with Crippen LogP contribution in [0.1, 0.15) is 5.56 Å². The van der Waals surface area contributed by atoms with Crippen LogP contribution in [0.2, 0.25) is 0 Å². The summed E-state index contributed by atoms with van der Waals surface area (Å²) in [6.45, 7) is 0.110. The lowest BCUT2D eigenvalue weighted by Crippen LogP contribution is -2.42. The van der Waals surface area contributed by atoms with E-state index in [1.54, 1.807) is 36.4 Å². The number of benzene rings is 2. The van der Waals surface area contributed by atoms with E-state index >= 15 is 0 Å². The fourth-order valence-electron chi connectivity index (χ4n) is 3.10. The largest absolute Gasteiger partial charge is 0.486 e. The van der Waals surface area contributed by atoms with Gasteiger partial charge in [-0.25, -0.2) is 13.4 Å². The second-order valence-corrected chi connectivity index (χ2v) is 9.12. The zero-order valence-corrected chi connectivity index (χ0v) is 18.8. The van der Waals surface area contributed by atoms with Crippen LogP contribution in [-0.2, 0) is 26.0 Å². The molecular weight excluding hydrogens is 466 g/mol. The number of carboxylic acid groups (broad SMARTS) is 1. The molecule has 1 amide bonds. The van der Waals surface area contributed by atoms with E-state index in [2.05, 4.69) is 15.0 Å². The van der Waals surface area contributed by atoms with Crippen molar-refractivity contribution >= 4 is 27.9 Å². The lowest BCUT2D eigenvalue weighted by Gasteiger charge is -2.27. The summed E-state index contributed by atoms with van der Waals surface area (Å²) in [5.74, 6) is -1.08. The van der Waals surface area contributed by atoms with Crippen molar-refractivity contribution in [3.8, 4) is 11.5 Å². The van der Waals surface area contributed by atoms with E-state index in [9.17, 15) is 23.1 Å². The van der Waals surface area contributed by atoms with Crippen molar-refractivity contribution in [3.05, 3.63) is 54.1 Å². The summed E-state index contributed by atoms with van der Waals surface area (Å²) in [7, 11) is -4.01. The van der Waals surface area contributed by atoms with Crippen molar-refractivity contribution in [1.29, 1.82) is 0 Å². The molecular formula is C21H25N5O7S. The highest BCUT2D eigenvalue weighted by Crippen LogP contribution is 2.33. The molecule has 2 atom stereocenters. The molecule has 1 aliphatic heterocycles. The maximum Gasteiger partial charge on any atom is 0.322 e. The maximum atomic E-state index is 12.5. The zero-order chi connectivity index (χ0) is 24.7. The van der Waals surface area contributed by atoms with Crippen molar-refractivity contribution in [3.63, 3.8) is 0 Å². The van der Waals surface area contributed by atoms with Crippen molar-refractivity contribution in [2.75, 3.05) is 19.7 Å². The van der Waals surface area contributed by atoms with E-state index in [1.165, 1.54) is 12.1 Å². The number of fused-ring (bicyclic) bond motifs is 1. The van der Waals surface area contributed by atoms with E-state index in [-0.39, 0.29) is 42.9 Å². The van der Waals surface area contributed by atoms with Gasteiger partial charge in [0.05, 0.1) is 11.4 Å². The number of aliphatic carboxylic acids is 1. The van der Waals surface area contributed by atoms with Crippen LogP contribution in [0.4, 0.5) is 0 Å². The third kappa shape index (κ3) is 6.83. The predicted octanol–water partition coefficient (Wildman–Crippen LogP) is -0.810. The molecule has 3 rings (SSSR count). The average Bonchev–Trinajstić information content (AvgIpc) is 2.81. The SMILES string of the molecule is NC(N)=NCC(=O)NCC1COc2cc(C[C@H](NS(=O)(=O)c3ccccc3)C(=O)O)ccc2O1. The summed E-state index contributed by atoms with van der Waals surface area (Å²) in [4.78, 5) is 27.0. The molecule has 0 saturated heterocycles. The molecule has 34 heavy (non-hydrogen) atoms. The maximum absolute atomic E-state index is 12.5. The second kappa shape index (κ2) is 10.9. The number of hydrogen-bond acceptors (Lipinski definition) is 7. The van der Waals surface area contributed by atoms with Gasteiger partial charge in [0.15, 0.2) is 17.5 Å². The molecule has 1 aliphatic rings. The molecule has 0 saturated carbocycles. The van der Waals surface area contributed by atoms with Gasteiger partial charge in [0.2, 0.25) is 15.9 Å². The van der Waals surface area contributed by atoms with Crippen LogP contribution in [0, 0.1) is 0 Å². The monoisotopic (exact) mass is 491 g/mol. The van der Waals surface area contributed by atoms with Gasteiger partial charge in [-0.2, -0.15) is 4.72 Å². The molecule has 0 fully saturated rings. The first kappa shape index (κ1) is 24.8. The Morgan fingerprint density at radius 3 is 2.56 bits per heavy atom. The molecule has 182 valence electrons. The van der Waals surface area contributed by atoms with Crippen LogP contribution in [0.25, 0.3) is 0 Å². The van der Waals surface area contributed by atoms with Gasteiger partial charge in [-0.05, 0) is 36.2 Å². The van der Waals surface area contributed by atoms with Crippen molar-refractivity contribution < 1.29 is 32.6 Å². The third-order valence-electron chi connectivity index (χ3n) is 4.75. The van der Waals surface area contributed by atoms with Crippen LogP contribution in [0.15, 0.2) is 58.4 Å². The molecule has 0 bridgehead atoms. The van der Waals surface area contributed by atoms with Crippen LogP contribution in [0.5, 0.6) is 11.5 Å². The first-order valence-electron chi connectivity index (χ1n) is 10.2. The quantitative estimate of drug-likeness (QED) is 0.208. The number of ether oxygens (including phenoxy) is 2. The normalized spacial score (nSPS) is 15.7. The van der Waals surface area contributed by atoms with Gasteiger partial charge in [0, 0.05) is 0 Å². The number of rotatable bonds is 10. The molecule has 7 N–H and O–H groups in total.